The summed E-state index contributed by atoms with van der Waals surface area (Å²) in [6.07, 6.45) is 0. The summed E-state index contributed by atoms with van der Waals surface area (Å²) in [6.45, 7) is 2.18. The maximum absolute atomic E-state index is 12.9. The molecule has 1 N–H and O–H groups in total. The Morgan fingerprint density at radius 3 is 2.71 bits per heavy atom. The number of likely N-dealkylation sites (N-methyl/N-ethyl adjacent to an activating group) is 1. The third-order valence-corrected chi connectivity index (χ3v) is 3.12. The van der Waals surface area contributed by atoms with Crippen molar-refractivity contribution in [3.8, 4) is 0 Å². The number of nitrogens with zero attached hydrogens (tertiary/aromatic N) is 1. The zero-order chi connectivity index (χ0) is 16.0. The smallest absolute Gasteiger partial charge is 0.309 e. The number of hydrogen-bond donors (Lipinski definition) is 1. The highest BCUT2D eigenvalue weighted by Crippen LogP contribution is 2.22. The molecule has 7 heteroatoms. The first-order chi connectivity index (χ1) is 9.83. The van der Waals surface area contributed by atoms with Gasteiger partial charge in [0.25, 0.3) is 0 Å². The number of anilines is 1. The van der Waals surface area contributed by atoms with E-state index in [1.807, 2.05) is 0 Å². The molecule has 0 radical (unpaired) electrons. The van der Waals surface area contributed by atoms with E-state index in [2.05, 4.69) is 10.1 Å². The van der Waals surface area contributed by atoms with Gasteiger partial charge in [-0.1, -0.05) is 18.5 Å². The van der Waals surface area contributed by atoms with Gasteiger partial charge in [0.2, 0.25) is 5.91 Å². The average molecular weight is 317 g/mol. The standard InChI is InChI=1S/C14H18ClFN2O3/c1-9(14(20)21-3)7-18(2)8-13(19)17-12-5-4-10(16)6-11(12)15/h4-6,9H,7-8H2,1-3H3,(H,17,19). The van der Waals surface area contributed by atoms with Crippen LogP contribution in [0, 0.1) is 11.7 Å². The number of nitrogens with one attached hydrogen (secondary N) is 1. The molecule has 1 aromatic carbocycles. The van der Waals surface area contributed by atoms with Crippen LogP contribution < -0.4 is 5.32 Å². The number of hydrogen-bond acceptors (Lipinski definition) is 4. The lowest BCUT2D eigenvalue weighted by Crippen LogP contribution is -2.35. The summed E-state index contributed by atoms with van der Waals surface area (Å²) in [5.74, 6) is -1.43. The third-order valence-electron chi connectivity index (χ3n) is 2.81. The minimum absolute atomic E-state index is 0.0784. The monoisotopic (exact) mass is 316 g/mol. The quantitative estimate of drug-likeness (QED) is 0.817. The van der Waals surface area contributed by atoms with Crippen LogP contribution in [-0.4, -0.2) is 44.0 Å². The Labute approximate surface area is 128 Å². The summed E-state index contributed by atoms with van der Waals surface area (Å²) >= 11 is 5.83. The molecular formula is C14H18ClFN2O3. The van der Waals surface area contributed by atoms with E-state index in [9.17, 15) is 14.0 Å². The highest BCUT2D eigenvalue weighted by molar-refractivity contribution is 6.33. The van der Waals surface area contributed by atoms with Crippen LogP contribution in [0.15, 0.2) is 18.2 Å². The van der Waals surface area contributed by atoms with Crippen LogP contribution in [0.25, 0.3) is 0 Å². The van der Waals surface area contributed by atoms with Crippen molar-refractivity contribution < 1.29 is 18.7 Å². The molecule has 5 nitrogen and oxygen atoms in total. The number of carbonyl (C=O) groups excluding carboxylic acids is 2. The predicted octanol–water partition coefficient (Wildman–Crippen LogP) is 2.16. The van der Waals surface area contributed by atoms with Gasteiger partial charge in [-0.15, -0.1) is 0 Å². The van der Waals surface area contributed by atoms with E-state index in [-0.39, 0.29) is 29.4 Å². The van der Waals surface area contributed by atoms with Crippen LogP contribution in [0.3, 0.4) is 0 Å². The van der Waals surface area contributed by atoms with Crippen molar-refractivity contribution in [3.63, 3.8) is 0 Å². The van der Waals surface area contributed by atoms with E-state index in [4.69, 9.17) is 11.6 Å². The SMILES string of the molecule is COC(=O)C(C)CN(C)CC(=O)Nc1ccc(F)cc1Cl. The van der Waals surface area contributed by atoms with Crippen LogP contribution >= 0.6 is 11.6 Å². The maximum Gasteiger partial charge on any atom is 0.309 e. The van der Waals surface area contributed by atoms with Crippen molar-refractivity contribution in [1.82, 2.24) is 4.90 Å². The molecule has 0 heterocycles. The van der Waals surface area contributed by atoms with Crippen molar-refractivity contribution in [2.24, 2.45) is 5.92 Å². The fourth-order valence-corrected chi connectivity index (χ4v) is 2.05. The van der Waals surface area contributed by atoms with E-state index in [0.29, 0.717) is 12.2 Å². The van der Waals surface area contributed by atoms with E-state index in [1.54, 1.807) is 18.9 Å². The van der Waals surface area contributed by atoms with Gasteiger partial charge in [-0.05, 0) is 25.2 Å². The molecule has 21 heavy (non-hydrogen) atoms. The summed E-state index contributed by atoms with van der Waals surface area (Å²) in [6, 6.07) is 3.73. The fourth-order valence-electron chi connectivity index (χ4n) is 1.83. The van der Waals surface area contributed by atoms with Crippen molar-refractivity contribution in [1.29, 1.82) is 0 Å². The first kappa shape index (κ1) is 17.4. The molecule has 0 bridgehead atoms. The summed E-state index contributed by atoms with van der Waals surface area (Å²) < 4.78 is 17.5. The number of ether oxygens (including phenoxy) is 1. The summed E-state index contributed by atoms with van der Waals surface area (Å²) in [4.78, 5) is 24.8. The molecule has 1 aromatic rings. The molecule has 0 saturated carbocycles. The van der Waals surface area contributed by atoms with Gasteiger partial charge in [-0.2, -0.15) is 0 Å². The molecule has 0 saturated heterocycles. The number of carbonyl (C=O) groups is 2. The van der Waals surface area contributed by atoms with Gasteiger partial charge in [0.1, 0.15) is 5.82 Å². The number of amides is 1. The topological polar surface area (TPSA) is 58.6 Å². The van der Waals surface area contributed by atoms with Crippen molar-refractivity contribution in [2.45, 2.75) is 6.92 Å². The molecule has 0 aliphatic rings. The summed E-state index contributed by atoms with van der Waals surface area (Å²) in [5, 5.41) is 2.72. The van der Waals surface area contributed by atoms with Crippen molar-refractivity contribution in [2.75, 3.05) is 32.6 Å². The van der Waals surface area contributed by atoms with Gasteiger partial charge in [0.15, 0.2) is 0 Å². The van der Waals surface area contributed by atoms with E-state index >= 15 is 0 Å². The molecule has 0 aliphatic carbocycles. The van der Waals surface area contributed by atoms with Gasteiger partial charge in [-0.3, -0.25) is 14.5 Å². The molecule has 0 aliphatic heterocycles. The lowest BCUT2D eigenvalue weighted by molar-refractivity contribution is -0.145. The van der Waals surface area contributed by atoms with Crippen LogP contribution in [0.1, 0.15) is 6.92 Å². The lowest BCUT2D eigenvalue weighted by atomic mass is 10.2. The Bertz CT molecular complexity index is 525. The van der Waals surface area contributed by atoms with E-state index in [0.717, 1.165) is 6.07 Å². The molecule has 0 fully saturated rings. The van der Waals surface area contributed by atoms with Crippen LogP contribution in [0.4, 0.5) is 10.1 Å². The Kier molecular flexibility index (Phi) is 6.58. The highest BCUT2D eigenvalue weighted by Gasteiger charge is 2.17. The zero-order valence-electron chi connectivity index (χ0n) is 12.2. The largest absolute Gasteiger partial charge is 0.469 e. The number of benzene rings is 1. The van der Waals surface area contributed by atoms with Gasteiger partial charge in [0.05, 0.1) is 30.3 Å². The number of rotatable bonds is 6. The van der Waals surface area contributed by atoms with Crippen molar-refractivity contribution in [3.05, 3.63) is 29.0 Å². The molecule has 0 spiro atoms. The van der Waals surface area contributed by atoms with E-state index in [1.165, 1.54) is 19.2 Å². The minimum atomic E-state index is -0.470. The van der Waals surface area contributed by atoms with Crippen LogP contribution in [-0.2, 0) is 14.3 Å². The fraction of sp³-hybridized carbons (Fsp3) is 0.429. The second-order valence-corrected chi connectivity index (χ2v) is 5.20. The number of esters is 1. The lowest BCUT2D eigenvalue weighted by Gasteiger charge is -2.19. The zero-order valence-corrected chi connectivity index (χ0v) is 12.9. The molecule has 1 rings (SSSR count). The van der Waals surface area contributed by atoms with Crippen molar-refractivity contribution >= 4 is 29.2 Å². The van der Waals surface area contributed by atoms with Gasteiger partial charge in [-0.25, -0.2) is 4.39 Å². The first-order valence-corrected chi connectivity index (χ1v) is 6.72. The summed E-state index contributed by atoms with van der Waals surface area (Å²) in [5.41, 5.74) is 0.345. The maximum atomic E-state index is 12.9. The Morgan fingerprint density at radius 2 is 2.14 bits per heavy atom. The normalized spacial score (nSPS) is 12.1. The van der Waals surface area contributed by atoms with E-state index < -0.39 is 5.82 Å². The van der Waals surface area contributed by atoms with Crippen LogP contribution in [0.2, 0.25) is 5.02 Å². The van der Waals surface area contributed by atoms with Crippen LogP contribution in [0.5, 0.6) is 0 Å². The van der Waals surface area contributed by atoms with Gasteiger partial charge >= 0.3 is 5.97 Å². The molecule has 116 valence electrons. The molecule has 1 atom stereocenters. The Hall–Kier alpha value is -1.66. The number of methoxy groups -OCH3 is 1. The highest BCUT2D eigenvalue weighted by atomic mass is 35.5. The molecule has 1 amide bonds. The Balaban J connectivity index is 2.51. The Morgan fingerprint density at radius 1 is 1.48 bits per heavy atom. The second kappa shape index (κ2) is 7.95. The summed E-state index contributed by atoms with van der Waals surface area (Å²) in [7, 11) is 3.04. The molecule has 0 aromatic heterocycles. The minimum Gasteiger partial charge on any atom is -0.469 e. The third kappa shape index (κ3) is 5.69. The number of halogens is 2. The molecular weight excluding hydrogens is 299 g/mol. The average Bonchev–Trinajstić information content (AvgIpc) is 2.40. The molecule has 1 unspecified atom stereocenters. The predicted molar refractivity (Wildman–Crippen MR) is 78.7 cm³/mol. The van der Waals surface area contributed by atoms with Gasteiger partial charge in [0, 0.05) is 6.54 Å². The second-order valence-electron chi connectivity index (χ2n) is 4.79. The van der Waals surface area contributed by atoms with Gasteiger partial charge < -0.3 is 10.1 Å². The first-order valence-electron chi connectivity index (χ1n) is 6.34.